The number of hydrogen-bond donors (Lipinski definition) is 1. The molecule has 0 spiro atoms. The van der Waals surface area contributed by atoms with Gasteiger partial charge in [-0.3, -0.25) is 0 Å². The lowest BCUT2D eigenvalue weighted by molar-refractivity contribution is 0.340. The van der Waals surface area contributed by atoms with Crippen LogP contribution in [0.3, 0.4) is 0 Å². The van der Waals surface area contributed by atoms with Gasteiger partial charge >= 0.3 is 0 Å². The van der Waals surface area contributed by atoms with Crippen molar-refractivity contribution in [1.29, 1.82) is 5.26 Å². The van der Waals surface area contributed by atoms with Crippen LogP contribution in [0.5, 0.6) is 5.75 Å². The fourth-order valence-electron chi connectivity index (χ4n) is 1.77. The first-order valence-corrected chi connectivity index (χ1v) is 6.23. The highest BCUT2D eigenvalue weighted by atomic mass is 16.5. The van der Waals surface area contributed by atoms with E-state index >= 15 is 0 Å². The monoisotopic (exact) mass is 256 g/mol. The van der Waals surface area contributed by atoms with Gasteiger partial charge in [-0.15, -0.1) is 0 Å². The van der Waals surface area contributed by atoms with Crippen LogP contribution in [0.25, 0.3) is 0 Å². The molecule has 2 aromatic rings. The predicted molar refractivity (Wildman–Crippen MR) is 71.6 cm³/mol. The molecule has 2 rings (SSSR count). The quantitative estimate of drug-likeness (QED) is 0.863. The van der Waals surface area contributed by atoms with Crippen LogP contribution in [0.15, 0.2) is 40.8 Å². The molecule has 0 unspecified atom stereocenters. The molecule has 0 radical (unpaired) electrons. The number of ether oxygens (including phenoxy) is 1. The zero-order valence-electron chi connectivity index (χ0n) is 10.8. The molecule has 1 N–H and O–H groups in total. The third kappa shape index (κ3) is 3.87. The average molecular weight is 256 g/mol. The van der Waals surface area contributed by atoms with Crippen molar-refractivity contribution < 1.29 is 9.15 Å². The number of furan rings is 1. The first kappa shape index (κ1) is 13.2. The summed E-state index contributed by atoms with van der Waals surface area (Å²) < 4.78 is 10.7. The zero-order chi connectivity index (χ0) is 13.5. The van der Waals surface area contributed by atoms with Gasteiger partial charge in [-0.05, 0) is 36.8 Å². The molecule has 98 valence electrons. The molecule has 0 saturated carbocycles. The summed E-state index contributed by atoms with van der Waals surface area (Å²) in [5, 5.41) is 11.9. The highest BCUT2D eigenvalue weighted by molar-refractivity contribution is 5.28. The van der Waals surface area contributed by atoms with Gasteiger partial charge in [0.2, 0.25) is 5.76 Å². The number of hydrogen-bond acceptors (Lipinski definition) is 4. The van der Waals surface area contributed by atoms with Crippen LogP contribution in [0.1, 0.15) is 24.0 Å². The van der Waals surface area contributed by atoms with Gasteiger partial charge in [0.05, 0.1) is 13.2 Å². The third-order valence-corrected chi connectivity index (χ3v) is 2.61. The van der Waals surface area contributed by atoms with Gasteiger partial charge in [0.1, 0.15) is 17.6 Å². The Bertz CT molecular complexity index is 570. The van der Waals surface area contributed by atoms with Crippen molar-refractivity contribution in [2.24, 2.45) is 0 Å². The van der Waals surface area contributed by atoms with Crippen LogP contribution in [-0.2, 0) is 13.1 Å². The summed E-state index contributed by atoms with van der Waals surface area (Å²) in [6.45, 7) is 3.96. The minimum absolute atomic E-state index is 0.343. The molecule has 4 nitrogen and oxygen atoms in total. The van der Waals surface area contributed by atoms with Crippen molar-refractivity contribution >= 4 is 0 Å². The van der Waals surface area contributed by atoms with E-state index in [1.807, 2.05) is 43.3 Å². The topological polar surface area (TPSA) is 58.2 Å². The molecule has 0 fully saturated rings. The normalized spacial score (nSPS) is 10.1. The lowest BCUT2D eigenvalue weighted by atomic mass is 10.2. The standard InChI is InChI=1S/C15H16N2O2/c1-2-18-13-5-3-4-12(8-13)10-17-11-15-7-6-14(9-16)19-15/h3-8,17H,2,10-11H2,1H3. The van der Waals surface area contributed by atoms with E-state index in [4.69, 9.17) is 14.4 Å². The van der Waals surface area contributed by atoms with Gasteiger partial charge in [0.15, 0.2) is 0 Å². The first-order valence-electron chi connectivity index (χ1n) is 6.23. The predicted octanol–water partition coefficient (Wildman–Crippen LogP) is 2.84. The summed E-state index contributed by atoms with van der Waals surface area (Å²) in [5.74, 6) is 1.99. The molecule has 0 aliphatic heterocycles. The second kappa shape index (κ2) is 6.62. The van der Waals surface area contributed by atoms with Gasteiger partial charge in [-0.1, -0.05) is 12.1 Å². The maximum Gasteiger partial charge on any atom is 0.203 e. The number of nitriles is 1. The molecule has 0 bridgehead atoms. The lowest BCUT2D eigenvalue weighted by Crippen LogP contribution is -2.12. The SMILES string of the molecule is CCOc1cccc(CNCc2ccc(C#N)o2)c1. The Morgan fingerprint density at radius 1 is 1.26 bits per heavy atom. The van der Waals surface area contributed by atoms with Crippen molar-refractivity contribution in [1.82, 2.24) is 5.32 Å². The van der Waals surface area contributed by atoms with Crippen LogP contribution in [0.2, 0.25) is 0 Å². The minimum Gasteiger partial charge on any atom is -0.494 e. The molecule has 4 heteroatoms. The van der Waals surface area contributed by atoms with E-state index in [1.165, 1.54) is 0 Å². The number of nitrogens with one attached hydrogen (secondary N) is 1. The number of nitrogens with zero attached hydrogens (tertiary/aromatic N) is 1. The number of benzene rings is 1. The van der Waals surface area contributed by atoms with E-state index in [0.29, 0.717) is 18.9 Å². The van der Waals surface area contributed by atoms with Gasteiger partial charge in [-0.25, -0.2) is 0 Å². The van der Waals surface area contributed by atoms with E-state index in [2.05, 4.69) is 5.32 Å². The van der Waals surface area contributed by atoms with E-state index in [9.17, 15) is 0 Å². The molecule has 1 aromatic heterocycles. The maximum absolute atomic E-state index is 8.66. The van der Waals surface area contributed by atoms with Gasteiger partial charge in [0, 0.05) is 6.54 Å². The van der Waals surface area contributed by atoms with Crippen molar-refractivity contribution in [3.05, 3.63) is 53.5 Å². The third-order valence-electron chi connectivity index (χ3n) is 2.61. The van der Waals surface area contributed by atoms with Crippen LogP contribution in [0, 0.1) is 11.3 Å². The number of rotatable bonds is 6. The molecule has 0 aliphatic carbocycles. The van der Waals surface area contributed by atoms with Crippen molar-refractivity contribution in [2.75, 3.05) is 6.61 Å². The Morgan fingerprint density at radius 2 is 2.16 bits per heavy atom. The summed E-state index contributed by atoms with van der Waals surface area (Å²) >= 11 is 0. The highest BCUT2D eigenvalue weighted by Gasteiger charge is 2.01. The van der Waals surface area contributed by atoms with E-state index in [0.717, 1.165) is 23.6 Å². The molecule has 1 aromatic carbocycles. The zero-order valence-corrected chi connectivity index (χ0v) is 10.8. The van der Waals surface area contributed by atoms with E-state index in [-0.39, 0.29) is 0 Å². The van der Waals surface area contributed by atoms with Gasteiger partial charge in [0.25, 0.3) is 0 Å². The Labute approximate surface area is 112 Å². The molecule has 0 atom stereocenters. The van der Waals surface area contributed by atoms with Crippen molar-refractivity contribution in [3.63, 3.8) is 0 Å². The van der Waals surface area contributed by atoms with Gasteiger partial charge in [-0.2, -0.15) is 5.26 Å². The molecular formula is C15H16N2O2. The smallest absolute Gasteiger partial charge is 0.203 e. The highest BCUT2D eigenvalue weighted by Crippen LogP contribution is 2.13. The molecule has 19 heavy (non-hydrogen) atoms. The van der Waals surface area contributed by atoms with Crippen LogP contribution in [-0.4, -0.2) is 6.61 Å². The van der Waals surface area contributed by atoms with Crippen LogP contribution < -0.4 is 10.1 Å². The Balaban J connectivity index is 1.85. The van der Waals surface area contributed by atoms with Crippen molar-refractivity contribution in [3.8, 4) is 11.8 Å². The summed E-state index contributed by atoms with van der Waals surface area (Å²) in [5.41, 5.74) is 1.15. The lowest BCUT2D eigenvalue weighted by Gasteiger charge is -2.06. The average Bonchev–Trinajstić information content (AvgIpc) is 2.88. The molecule has 1 heterocycles. The second-order valence-electron chi connectivity index (χ2n) is 4.06. The minimum atomic E-state index is 0.343. The van der Waals surface area contributed by atoms with Crippen molar-refractivity contribution in [2.45, 2.75) is 20.0 Å². The van der Waals surface area contributed by atoms with Crippen LogP contribution >= 0.6 is 0 Å². The second-order valence-corrected chi connectivity index (χ2v) is 4.06. The first-order chi connectivity index (χ1) is 9.31. The van der Waals surface area contributed by atoms with Crippen LogP contribution in [0.4, 0.5) is 0 Å². The maximum atomic E-state index is 8.66. The summed E-state index contributed by atoms with van der Waals surface area (Å²) in [6, 6.07) is 13.4. The van der Waals surface area contributed by atoms with E-state index < -0.39 is 0 Å². The fourth-order valence-corrected chi connectivity index (χ4v) is 1.77. The summed E-state index contributed by atoms with van der Waals surface area (Å²) in [6.07, 6.45) is 0. The summed E-state index contributed by atoms with van der Waals surface area (Å²) in [7, 11) is 0. The largest absolute Gasteiger partial charge is 0.494 e. The Kier molecular flexibility index (Phi) is 4.60. The molecule has 0 amide bonds. The van der Waals surface area contributed by atoms with Gasteiger partial charge < -0.3 is 14.5 Å². The molecular weight excluding hydrogens is 240 g/mol. The Morgan fingerprint density at radius 3 is 2.89 bits per heavy atom. The molecule has 0 saturated heterocycles. The summed E-state index contributed by atoms with van der Waals surface area (Å²) in [4.78, 5) is 0. The molecule has 0 aliphatic rings. The Hall–Kier alpha value is -2.25. The fraction of sp³-hybridized carbons (Fsp3) is 0.267. The van der Waals surface area contributed by atoms with E-state index in [1.54, 1.807) is 6.07 Å².